The molecule has 4 rings (SSSR count). The topological polar surface area (TPSA) is 56.5 Å². The molecule has 0 radical (unpaired) electrons. The molecule has 2 aromatic carbocycles. The Morgan fingerprint density at radius 1 is 1.24 bits per heavy atom. The van der Waals surface area contributed by atoms with Crippen molar-refractivity contribution in [1.82, 2.24) is 14.6 Å². The molecule has 4 aromatic rings. The lowest BCUT2D eigenvalue weighted by molar-refractivity contribution is 0.101. The minimum atomic E-state index is 0.0441. The van der Waals surface area contributed by atoms with E-state index in [1.54, 1.807) is 43.2 Å². The van der Waals surface area contributed by atoms with E-state index >= 15 is 0 Å². The molecule has 0 aliphatic heterocycles. The first-order valence-corrected chi connectivity index (χ1v) is 9.51. The van der Waals surface area contributed by atoms with Crippen molar-refractivity contribution in [2.24, 2.45) is 0 Å². The quantitative estimate of drug-likeness (QED) is 0.384. The van der Waals surface area contributed by atoms with Gasteiger partial charge in [-0.05, 0) is 37.3 Å². The average molecular weight is 369 g/mol. The van der Waals surface area contributed by atoms with Crippen LogP contribution in [0.15, 0.2) is 47.6 Å². The Morgan fingerprint density at radius 2 is 2.08 bits per heavy atom. The zero-order chi connectivity index (χ0) is 17.4. The molecule has 0 spiro atoms. The Hall–Kier alpha value is -2.38. The van der Waals surface area contributed by atoms with Crippen molar-refractivity contribution < 1.29 is 9.53 Å². The van der Waals surface area contributed by atoms with Crippen LogP contribution in [0.25, 0.3) is 15.2 Å². The van der Waals surface area contributed by atoms with Crippen LogP contribution in [0.1, 0.15) is 22.8 Å². The van der Waals surface area contributed by atoms with E-state index in [9.17, 15) is 4.79 Å². The Labute approximate surface area is 152 Å². The van der Waals surface area contributed by atoms with Crippen LogP contribution in [0.5, 0.6) is 5.75 Å². The number of para-hydroxylation sites is 1. The van der Waals surface area contributed by atoms with E-state index < -0.39 is 0 Å². The first-order chi connectivity index (χ1) is 12.2. The lowest BCUT2D eigenvalue weighted by Gasteiger charge is -2.09. The second-order valence-electron chi connectivity index (χ2n) is 5.54. The largest absolute Gasteiger partial charge is 0.496 e. The minimum absolute atomic E-state index is 0.0441. The van der Waals surface area contributed by atoms with Gasteiger partial charge >= 0.3 is 0 Å². The van der Waals surface area contributed by atoms with Crippen molar-refractivity contribution >= 4 is 44.1 Å². The summed E-state index contributed by atoms with van der Waals surface area (Å²) in [6.07, 6.45) is 0. The number of fused-ring (bicyclic) bond motifs is 3. The molecule has 0 fully saturated rings. The van der Waals surface area contributed by atoms with Gasteiger partial charge in [0.15, 0.2) is 10.9 Å². The molecule has 0 atom stereocenters. The fourth-order valence-corrected chi connectivity index (χ4v) is 4.65. The van der Waals surface area contributed by atoms with Crippen LogP contribution in [-0.4, -0.2) is 27.5 Å². The molecule has 0 N–H and O–H groups in total. The van der Waals surface area contributed by atoms with Crippen LogP contribution in [0, 0.1) is 0 Å². The van der Waals surface area contributed by atoms with Crippen molar-refractivity contribution in [2.45, 2.75) is 17.8 Å². The molecule has 126 valence electrons. The van der Waals surface area contributed by atoms with E-state index in [1.807, 2.05) is 24.3 Å². The summed E-state index contributed by atoms with van der Waals surface area (Å²) in [5.74, 6) is 1.46. The van der Waals surface area contributed by atoms with Crippen molar-refractivity contribution in [2.75, 3.05) is 7.11 Å². The summed E-state index contributed by atoms with van der Waals surface area (Å²) >= 11 is 3.21. The van der Waals surface area contributed by atoms with E-state index in [4.69, 9.17) is 4.74 Å². The minimum Gasteiger partial charge on any atom is -0.496 e. The van der Waals surface area contributed by atoms with Gasteiger partial charge in [-0.25, -0.2) is 0 Å². The van der Waals surface area contributed by atoms with Gasteiger partial charge in [-0.15, -0.1) is 10.2 Å². The smallest absolute Gasteiger partial charge is 0.217 e. The van der Waals surface area contributed by atoms with Crippen LogP contribution in [0.4, 0.5) is 0 Å². The van der Waals surface area contributed by atoms with Gasteiger partial charge in [0.25, 0.3) is 0 Å². The van der Waals surface area contributed by atoms with E-state index in [0.717, 1.165) is 26.9 Å². The monoisotopic (exact) mass is 369 g/mol. The summed E-state index contributed by atoms with van der Waals surface area (Å²) in [5.41, 5.74) is 2.76. The van der Waals surface area contributed by atoms with Crippen molar-refractivity contribution in [3.63, 3.8) is 0 Å². The third kappa shape index (κ3) is 2.89. The number of methoxy groups -OCH3 is 1. The zero-order valence-corrected chi connectivity index (χ0v) is 15.4. The molecule has 0 amide bonds. The van der Waals surface area contributed by atoms with E-state index in [2.05, 4.69) is 26.7 Å². The molecule has 25 heavy (non-hydrogen) atoms. The number of benzene rings is 2. The van der Waals surface area contributed by atoms with Gasteiger partial charge in [0.05, 0.1) is 17.3 Å². The zero-order valence-electron chi connectivity index (χ0n) is 13.7. The van der Waals surface area contributed by atoms with Gasteiger partial charge < -0.3 is 4.74 Å². The molecule has 2 heterocycles. The van der Waals surface area contributed by atoms with Crippen LogP contribution in [0.2, 0.25) is 0 Å². The van der Waals surface area contributed by atoms with Gasteiger partial charge in [-0.2, -0.15) is 0 Å². The number of hydrogen-bond acceptors (Lipinski definition) is 6. The molecule has 0 saturated carbocycles. The highest BCUT2D eigenvalue weighted by molar-refractivity contribution is 7.98. The van der Waals surface area contributed by atoms with Crippen LogP contribution in [0.3, 0.4) is 0 Å². The predicted molar refractivity (Wildman–Crippen MR) is 101 cm³/mol. The van der Waals surface area contributed by atoms with Crippen molar-refractivity contribution in [1.29, 1.82) is 0 Å². The summed E-state index contributed by atoms with van der Waals surface area (Å²) in [6.45, 7) is 1.57. The molecule has 0 aliphatic rings. The summed E-state index contributed by atoms with van der Waals surface area (Å²) in [7, 11) is 1.64. The highest BCUT2D eigenvalue weighted by atomic mass is 32.2. The first-order valence-electron chi connectivity index (χ1n) is 7.70. The van der Waals surface area contributed by atoms with Crippen LogP contribution >= 0.6 is 23.1 Å². The first kappa shape index (κ1) is 16.1. The number of ketones is 1. The van der Waals surface area contributed by atoms with E-state index in [0.29, 0.717) is 11.3 Å². The van der Waals surface area contributed by atoms with Gasteiger partial charge in [-0.3, -0.25) is 9.20 Å². The van der Waals surface area contributed by atoms with E-state index in [1.165, 1.54) is 4.70 Å². The third-order valence-electron chi connectivity index (χ3n) is 3.95. The number of aromatic nitrogens is 3. The normalized spacial score (nSPS) is 11.3. The SMILES string of the molecule is COc1ccc(C(C)=O)cc1CSc1nnc2sc3ccccc3n12. The second-order valence-corrected chi connectivity index (χ2v) is 7.49. The summed E-state index contributed by atoms with van der Waals surface area (Å²) in [6, 6.07) is 13.7. The number of carbonyl (C=O) groups is 1. The molecular formula is C18H15N3O2S2. The van der Waals surface area contributed by atoms with Gasteiger partial charge in [0.2, 0.25) is 4.96 Å². The third-order valence-corrected chi connectivity index (χ3v) is 5.94. The van der Waals surface area contributed by atoms with Gasteiger partial charge in [0.1, 0.15) is 5.75 Å². The molecule has 0 saturated heterocycles. The lowest BCUT2D eigenvalue weighted by atomic mass is 10.1. The molecule has 0 aliphatic carbocycles. The standard InChI is InChI=1S/C18H15N3O2S2/c1-11(22)12-7-8-15(23-2)13(9-12)10-24-17-19-20-18-21(17)14-5-3-4-6-16(14)25-18/h3-9H,10H2,1-2H3. The Balaban J connectivity index is 1.69. The number of thioether (sulfide) groups is 1. The highest BCUT2D eigenvalue weighted by Gasteiger charge is 2.14. The highest BCUT2D eigenvalue weighted by Crippen LogP contribution is 2.32. The Morgan fingerprint density at radius 3 is 2.88 bits per heavy atom. The maximum atomic E-state index is 11.6. The number of nitrogens with zero attached hydrogens (tertiary/aromatic N) is 3. The summed E-state index contributed by atoms with van der Waals surface area (Å²) in [5, 5.41) is 9.43. The number of hydrogen-bond donors (Lipinski definition) is 0. The fraction of sp³-hybridized carbons (Fsp3) is 0.167. The number of ether oxygens (including phenoxy) is 1. The van der Waals surface area contributed by atoms with Crippen molar-refractivity contribution in [3.8, 4) is 5.75 Å². The van der Waals surface area contributed by atoms with E-state index in [-0.39, 0.29) is 5.78 Å². The molecular weight excluding hydrogens is 354 g/mol. The maximum absolute atomic E-state index is 11.6. The number of thiazole rings is 1. The van der Waals surface area contributed by atoms with Crippen LogP contribution < -0.4 is 4.74 Å². The fourth-order valence-electron chi connectivity index (χ4n) is 2.70. The average Bonchev–Trinajstić information content (AvgIpc) is 3.18. The summed E-state index contributed by atoms with van der Waals surface area (Å²) in [4.78, 5) is 12.5. The lowest BCUT2D eigenvalue weighted by Crippen LogP contribution is -1.97. The second kappa shape index (κ2) is 6.50. The number of rotatable bonds is 5. The molecule has 7 heteroatoms. The number of Topliss-reactive ketones (excluding diaryl/α,β-unsaturated/α-hetero) is 1. The Kier molecular flexibility index (Phi) is 4.19. The van der Waals surface area contributed by atoms with Crippen molar-refractivity contribution in [3.05, 3.63) is 53.6 Å². The number of carbonyl (C=O) groups excluding carboxylic acids is 1. The maximum Gasteiger partial charge on any atom is 0.217 e. The Bertz CT molecular complexity index is 1080. The molecule has 2 aromatic heterocycles. The molecule has 0 unspecified atom stereocenters. The van der Waals surface area contributed by atoms with Gasteiger partial charge in [-0.1, -0.05) is 35.2 Å². The van der Waals surface area contributed by atoms with Crippen LogP contribution in [-0.2, 0) is 5.75 Å². The molecule has 5 nitrogen and oxygen atoms in total. The predicted octanol–water partition coefficient (Wildman–Crippen LogP) is 4.45. The van der Waals surface area contributed by atoms with Gasteiger partial charge in [0, 0.05) is 16.9 Å². The summed E-state index contributed by atoms with van der Waals surface area (Å²) < 4.78 is 8.69. The molecule has 0 bridgehead atoms.